The number of para-hydroxylation sites is 1. The van der Waals surface area contributed by atoms with Crippen LogP contribution in [0.3, 0.4) is 0 Å². The number of aromatic nitrogens is 2. The van der Waals surface area contributed by atoms with E-state index in [2.05, 4.69) is 20.2 Å². The molecule has 0 spiro atoms. The van der Waals surface area contributed by atoms with Crippen molar-refractivity contribution in [3.8, 4) is 0 Å². The zero-order valence-corrected chi connectivity index (χ0v) is 14.1. The molecule has 0 saturated carbocycles. The third kappa shape index (κ3) is 3.05. The highest BCUT2D eigenvalue weighted by Gasteiger charge is 2.32. The van der Waals surface area contributed by atoms with E-state index in [9.17, 15) is 4.79 Å². The number of benzene rings is 2. The summed E-state index contributed by atoms with van der Waals surface area (Å²) >= 11 is 0. The Morgan fingerprint density at radius 2 is 2.04 bits per heavy atom. The summed E-state index contributed by atoms with van der Waals surface area (Å²) in [5, 5.41) is 4.03. The number of carbonyl (C=O) groups is 1. The molecule has 2 heterocycles. The van der Waals surface area contributed by atoms with Gasteiger partial charge in [0.2, 0.25) is 5.91 Å². The first-order valence-corrected chi connectivity index (χ1v) is 8.56. The van der Waals surface area contributed by atoms with E-state index >= 15 is 0 Å². The van der Waals surface area contributed by atoms with E-state index in [0.717, 1.165) is 47.4 Å². The molecule has 2 aromatic carbocycles. The van der Waals surface area contributed by atoms with Gasteiger partial charge in [0, 0.05) is 17.6 Å². The van der Waals surface area contributed by atoms with Gasteiger partial charge in [0.1, 0.15) is 18.2 Å². The van der Waals surface area contributed by atoms with Gasteiger partial charge < -0.3 is 10.2 Å². The molecule has 126 valence electrons. The number of hydrogen-bond acceptors (Lipinski definition) is 4. The summed E-state index contributed by atoms with van der Waals surface area (Å²) in [6.45, 7) is 2.84. The topological polar surface area (TPSA) is 58.1 Å². The molecule has 1 aromatic heterocycles. The minimum absolute atomic E-state index is 0.0193. The van der Waals surface area contributed by atoms with Crippen molar-refractivity contribution < 1.29 is 4.79 Å². The second-order valence-corrected chi connectivity index (χ2v) is 6.42. The normalized spacial score (nSPS) is 17.0. The van der Waals surface area contributed by atoms with E-state index in [4.69, 9.17) is 0 Å². The van der Waals surface area contributed by atoms with E-state index in [0.29, 0.717) is 0 Å². The summed E-state index contributed by atoms with van der Waals surface area (Å²) in [5.41, 5.74) is 2.87. The standard InChI is InChI=1S/C20H20N4O/c1-14-6-4-7-15(12-14)23-20(25)18-10-5-11-24(18)19-16-8-2-3-9-17(16)21-13-22-19/h2-4,6-9,12-13,18H,5,10-11H2,1H3,(H,23,25). The Hall–Kier alpha value is -2.95. The molecule has 1 atom stereocenters. The van der Waals surface area contributed by atoms with Crippen molar-refractivity contribution in [2.75, 3.05) is 16.8 Å². The Kier molecular flexibility index (Phi) is 4.06. The first-order valence-electron chi connectivity index (χ1n) is 8.56. The van der Waals surface area contributed by atoms with Gasteiger partial charge >= 0.3 is 0 Å². The van der Waals surface area contributed by atoms with Gasteiger partial charge in [0.15, 0.2) is 0 Å². The van der Waals surface area contributed by atoms with Crippen molar-refractivity contribution >= 4 is 28.3 Å². The summed E-state index contributed by atoms with van der Waals surface area (Å²) in [7, 11) is 0. The van der Waals surface area contributed by atoms with Crippen molar-refractivity contribution in [2.45, 2.75) is 25.8 Å². The number of nitrogens with zero attached hydrogens (tertiary/aromatic N) is 3. The summed E-state index contributed by atoms with van der Waals surface area (Å²) in [6.07, 6.45) is 3.38. The Morgan fingerprint density at radius 1 is 1.16 bits per heavy atom. The molecular formula is C20H20N4O. The van der Waals surface area contributed by atoms with Gasteiger partial charge in [-0.25, -0.2) is 9.97 Å². The van der Waals surface area contributed by atoms with Gasteiger partial charge in [-0.05, 0) is 49.6 Å². The first kappa shape index (κ1) is 15.6. The Morgan fingerprint density at radius 3 is 2.92 bits per heavy atom. The molecule has 0 aliphatic carbocycles. The Bertz CT molecular complexity index is 919. The lowest BCUT2D eigenvalue weighted by molar-refractivity contribution is -0.117. The number of amides is 1. The highest BCUT2D eigenvalue weighted by atomic mass is 16.2. The highest BCUT2D eigenvalue weighted by Crippen LogP contribution is 2.30. The number of carbonyl (C=O) groups excluding carboxylic acids is 1. The summed E-state index contributed by atoms with van der Waals surface area (Å²) in [4.78, 5) is 23.8. The van der Waals surface area contributed by atoms with Crippen LogP contribution in [0.15, 0.2) is 54.9 Å². The molecule has 4 rings (SSSR count). The molecule has 3 aromatic rings. The maximum Gasteiger partial charge on any atom is 0.247 e. The third-order valence-electron chi connectivity index (χ3n) is 4.63. The predicted molar refractivity (Wildman–Crippen MR) is 99.7 cm³/mol. The maximum absolute atomic E-state index is 12.8. The average Bonchev–Trinajstić information content (AvgIpc) is 3.11. The monoisotopic (exact) mass is 332 g/mol. The fourth-order valence-electron chi connectivity index (χ4n) is 3.46. The van der Waals surface area contributed by atoms with E-state index < -0.39 is 0 Å². The van der Waals surface area contributed by atoms with Crippen molar-refractivity contribution in [1.29, 1.82) is 0 Å². The number of hydrogen-bond donors (Lipinski definition) is 1. The third-order valence-corrected chi connectivity index (χ3v) is 4.63. The molecule has 1 amide bonds. The largest absolute Gasteiger partial charge is 0.344 e. The van der Waals surface area contributed by atoms with Crippen LogP contribution in [0.4, 0.5) is 11.5 Å². The van der Waals surface area contributed by atoms with Crippen LogP contribution >= 0.6 is 0 Å². The highest BCUT2D eigenvalue weighted by molar-refractivity contribution is 5.99. The molecule has 25 heavy (non-hydrogen) atoms. The molecule has 1 unspecified atom stereocenters. The fraction of sp³-hybridized carbons (Fsp3) is 0.250. The number of aryl methyl sites for hydroxylation is 1. The van der Waals surface area contributed by atoms with Crippen LogP contribution in [-0.2, 0) is 4.79 Å². The van der Waals surface area contributed by atoms with Gasteiger partial charge in [-0.3, -0.25) is 4.79 Å². The second kappa shape index (κ2) is 6.51. The lowest BCUT2D eigenvalue weighted by atomic mass is 10.1. The molecule has 1 fully saturated rings. The Balaban J connectivity index is 1.62. The van der Waals surface area contributed by atoms with E-state index in [1.165, 1.54) is 0 Å². The quantitative estimate of drug-likeness (QED) is 0.797. The smallest absolute Gasteiger partial charge is 0.247 e. The molecule has 1 saturated heterocycles. The Labute approximate surface area is 146 Å². The van der Waals surface area contributed by atoms with Gasteiger partial charge in [-0.1, -0.05) is 24.3 Å². The molecule has 5 heteroatoms. The maximum atomic E-state index is 12.8. The zero-order valence-electron chi connectivity index (χ0n) is 14.1. The molecule has 1 aliphatic rings. The van der Waals surface area contributed by atoms with Gasteiger partial charge in [-0.2, -0.15) is 0 Å². The van der Waals surface area contributed by atoms with Crippen LogP contribution in [0, 0.1) is 6.92 Å². The summed E-state index contributed by atoms with van der Waals surface area (Å²) < 4.78 is 0. The van der Waals surface area contributed by atoms with Crippen LogP contribution in [-0.4, -0.2) is 28.5 Å². The van der Waals surface area contributed by atoms with Gasteiger partial charge in [0.05, 0.1) is 5.52 Å². The van der Waals surface area contributed by atoms with E-state index in [-0.39, 0.29) is 11.9 Å². The number of anilines is 2. The SMILES string of the molecule is Cc1cccc(NC(=O)C2CCCN2c2ncnc3ccccc23)c1. The molecule has 0 bridgehead atoms. The molecule has 1 aliphatic heterocycles. The number of rotatable bonds is 3. The lowest BCUT2D eigenvalue weighted by Gasteiger charge is -2.25. The van der Waals surface area contributed by atoms with Gasteiger partial charge in [-0.15, -0.1) is 0 Å². The molecule has 0 radical (unpaired) electrons. The summed E-state index contributed by atoms with van der Waals surface area (Å²) in [6, 6.07) is 15.6. The molecular weight excluding hydrogens is 312 g/mol. The van der Waals surface area contributed by atoms with Crippen LogP contribution in [0.1, 0.15) is 18.4 Å². The number of fused-ring (bicyclic) bond motifs is 1. The number of nitrogens with one attached hydrogen (secondary N) is 1. The molecule has 5 nitrogen and oxygen atoms in total. The van der Waals surface area contributed by atoms with Crippen LogP contribution in [0.5, 0.6) is 0 Å². The second-order valence-electron chi connectivity index (χ2n) is 6.42. The summed E-state index contributed by atoms with van der Waals surface area (Å²) in [5.74, 6) is 0.860. The van der Waals surface area contributed by atoms with Crippen LogP contribution < -0.4 is 10.2 Å². The minimum Gasteiger partial charge on any atom is -0.344 e. The first-order chi connectivity index (χ1) is 12.2. The zero-order chi connectivity index (χ0) is 17.2. The van der Waals surface area contributed by atoms with Crippen LogP contribution in [0.2, 0.25) is 0 Å². The van der Waals surface area contributed by atoms with Gasteiger partial charge in [0.25, 0.3) is 0 Å². The average molecular weight is 332 g/mol. The predicted octanol–water partition coefficient (Wildman–Crippen LogP) is 3.55. The van der Waals surface area contributed by atoms with E-state index in [1.807, 2.05) is 55.5 Å². The molecule has 1 N–H and O–H groups in total. The minimum atomic E-state index is -0.209. The van der Waals surface area contributed by atoms with Crippen molar-refractivity contribution in [2.24, 2.45) is 0 Å². The van der Waals surface area contributed by atoms with E-state index in [1.54, 1.807) is 6.33 Å². The van der Waals surface area contributed by atoms with Crippen molar-refractivity contribution in [1.82, 2.24) is 9.97 Å². The van der Waals surface area contributed by atoms with Crippen LogP contribution in [0.25, 0.3) is 10.9 Å². The lowest BCUT2D eigenvalue weighted by Crippen LogP contribution is -2.40. The fourth-order valence-corrected chi connectivity index (χ4v) is 3.46. The van der Waals surface area contributed by atoms with Crippen molar-refractivity contribution in [3.05, 3.63) is 60.4 Å². The van der Waals surface area contributed by atoms with Crippen molar-refractivity contribution in [3.63, 3.8) is 0 Å².